The molecule has 0 saturated heterocycles. The highest BCUT2D eigenvalue weighted by Crippen LogP contribution is 2.33. The van der Waals surface area contributed by atoms with Crippen molar-refractivity contribution in [3.63, 3.8) is 0 Å². The van der Waals surface area contributed by atoms with Gasteiger partial charge in [-0.15, -0.1) is 0 Å². The van der Waals surface area contributed by atoms with Gasteiger partial charge in [-0.1, -0.05) is 6.92 Å². The van der Waals surface area contributed by atoms with Crippen molar-refractivity contribution in [1.29, 1.82) is 0 Å². The number of alkyl halides is 3. The van der Waals surface area contributed by atoms with Crippen LogP contribution in [0, 0.1) is 5.92 Å². The summed E-state index contributed by atoms with van der Waals surface area (Å²) < 4.78 is 70.5. The third-order valence-corrected chi connectivity index (χ3v) is 5.81. The van der Waals surface area contributed by atoms with Crippen molar-refractivity contribution < 1.29 is 31.1 Å². The largest absolute Gasteiger partial charge is 0.442 e. The molecule has 1 unspecified atom stereocenters. The second kappa shape index (κ2) is 6.71. The monoisotopic (exact) mass is 393 g/mol. The van der Waals surface area contributed by atoms with E-state index in [1.165, 1.54) is 12.1 Å². The molecular weight excluding hydrogens is 375 g/mol. The molecule has 3 rings (SSSR count). The first-order chi connectivity index (χ1) is 12.1. The lowest BCUT2D eigenvalue weighted by Crippen LogP contribution is -2.46. The molecule has 0 radical (unpaired) electrons. The fourth-order valence-electron chi connectivity index (χ4n) is 2.92. The Balaban J connectivity index is 1.76. The smallest absolute Gasteiger partial charge is 0.432 e. The summed E-state index contributed by atoms with van der Waals surface area (Å²) >= 11 is 0. The summed E-state index contributed by atoms with van der Waals surface area (Å²) in [4.78, 5) is 0. The SMILES string of the molecule is CCC(NS(=O)(=O)c1ccc(-c2cc(C(F)(F)F)[nH]n2)o1)C1CC(O)C1. The average Bonchev–Trinajstić information content (AvgIpc) is 3.17. The highest BCUT2D eigenvalue weighted by atomic mass is 32.2. The van der Waals surface area contributed by atoms with E-state index in [2.05, 4.69) is 9.82 Å². The van der Waals surface area contributed by atoms with Gasteiger partial charge in [-0.3, -0.25) is 5.10 Å². The van der Waals surface area contributed by atoms with Gasteiger partial charge < -0.3 is 9.52 Å². The fraction of sp³-hybridized carbons (Fsp3) is 0.533. The van der Waals surface area contributed by atoms with Crippen LogP contribution in [0.3, 0.4) is 0 Å². The average molecular weight is 393 g/mol. The first-order valence-electron chi connectivity index (χ1n) is 8.03. The lowest BCUT2D eigenvalue weighted by Gasteiger charge is -2.37. The zero-order chi connectivity index (χ0) is 19.1. The number of nitrogens with one attached hydrogen (secondary N) is 2. The van der Waals surface area contributed by atoms with Gasteiger partial charge in [0.25, 0.3) is 10.0 Å². The maximum atomic E-state index is 12.6. The molecule has 0 aliphatic heterocycles. The van der Waals surface area contributed by atoms with Gasteiger partial charge in [0.15, 0.2) is 5.76 Å². The Morgan fingerprint density at radius 2 is 2.12 bits per heavy atom. The number of H-pyrrole nitrogens is 1. The van der Waals surface area contributed by atoms with Gasteiger partial charge >= 0.3 is 6.18 Å². The van der Waals surface area contributed by atoms with Crippen molar-refractivity contribution in [2.45, 2.75) is 49.6 Å². The zero-order valence-electron chi connectivity index (χ0n) is 13.7. The van der Waals surface area contributed by atoms with Crippen LogP contribution in [0.2, 0.25) is 0 Å². The van der Waals surface area contributed by atoms with Crippen molar-refractivity contribution in [2.75, 3.05) is 0 Å². The van der Waals surface area contributed by atoms with Gasteiger partial charge in [-0.05, 0) is 43.4 Å². The molecular formula is C15H18F3N3O4S. The minimum atomic E-state index is -4.59. The van der Waals surface area contributed by atoms with Crippen LogP contribution in [-0.2, 0) is 16.2 Å². The van der Waals surface area contributed by atoms with E-state index >= 15 is 0 Å². The van der Waals surface area contributed by atoms with Gasteiger partial charge in [-0.25, -0.2) is 13.1 Å². The van der Waals surface area contributed by atoms with Crippen molar-refractivity contribution in [2.24, 2.45) is 5.92 Å². The quantitative estimate of drug-likeness (QED) is 0.699. The molecule has 26 heavy (non-hydrogen) atoms. The Bertz CT molecular complexity index is 869. The molecule has 2 aromatic heterocycles. The van der Waals surface area contributed by atoms with Crippen molar-refractivity contribution in [3.05, 3.63) is 23.9 Å². The van der Waals surface area contributed by atoms with E-state index in [1.54, 1.807) is 0 Å². The van der Waals surface area contributed by atoms with Gasteiger partial charge in [0, 0.05) is 6.04 Å². The summed E-state index contributed by atoms with van der Waals surface area (Å²) in [5, 5.41) is 14.3. The fourth-order valence-corrected chi connectivity index (χ4v) is 4.24. The number of aliphatic hydroxyl groups is 1. The summed E-state index contributed by atoms with van der Waals surface area (Å²) in [5.74, 6) is -0.0517. The van der Waals surface area contributed by atoms with Gasteiger partial charge in [0.05, 0.1) is 6.10 Å². The normalized spacial score (nSPS) is 22.2. The maximum Gasteiger partial charge on any atom is 0.432 e. The van der Waals surface area contributed by atoms with Crippen LogP contribution >= 0.6 is 0 Å². The van der Waals surface area contributed by atoms with Crippen LogP contribution < -0.4 is 4.72 Å². The number of rotatable bonds is 6. The number of aromatic nitrogens is 2. The predicted octanol–water partition coefficient (Wildman–Crippen LogP) is 2.52. The minimum absolute atomic E-state index is 0.0416. The van der Waals surface area contributed by atoms with Crippen molar-refractivity contribution in [3.8, 4) is 11.5 Å². The van der Waals surface area contributed by atoms with Crippen LogP contribution in [0.5, 0.6) is 0 Å². The van der Waals surface area contributed by atoms with Crippen LogP contribution in [-0.4, -0.2) is 35.9 Å². The Kier molecular flexibility index (Phi) is 4.88. The minimum Gasteiger partial charge on any atom is -0.442 e. The Morgan fingerprint density at radius 1 is 1.42 bits per heavy atom. The van der Waals surface area contributed by atoms with E-state index in [4.69, 9.17) is 4.42 Å². The third-order valence-electron chi connectivity index (χ3n) is 4.45. The molecule has 0 bridgehead atoms. The van der Waals surface area contributed by atoms with Crippen molar-refractivity contribution >= 4 is 10.0 Å². The third kappa shape index (κ3) is 3.79. The molecule has 1 aliphatic rings. The van der Waals surface area contributed by atoms with Gasteiger partial charge in [0.1, 0.15) is 11.4 Å². The zero-order valence-corrected chi connectivity index (χ0v) is 14.6. The highest BCUT2D eigenvalue weighted by Gasteiger charge is 2.36. The molecule has 2 aromatic rings. The maximum absolute atomic E-state index is 12.6. The molecule has 1 saturated carbocycles. The van der Waals surface area contributed by atoms with Gasteiger partial charge in [0.2, 0.25) is 5.09 Å². The summed E-state index contributed by atoms with van der Waals surface area (Å²) in [5.41, 5.74) is -1.20. The molecule has 0 aromatic carbocycles. The molecule has 11 heteroatoms. The van der Waals surface area contributed by atoms with E-state index in [-0.39, 0.29) is 23.4 Å². The number of sulfonamides is 1. The number of aromatic amines is 1. The van der Waals surface area contributed by atoms with Crippen LogP contribution in [0.4, 0.5) is 13.2 Å². The molecule has 1 aliphatic carbocycles. The predicted molar refractivity (Wildman–Crippen MR) is 84.4 cm³/mol. The Hall–Kier alpha value is -1.85. The Morgan fingerprint density at radius 3 is 2.65 bits per heavy atom. The van der Waals surface area contributed by atoms with E-state index in [9.17, 15) is 26.7 Å². The molecule has 0 spiro atoms. The summed E-state index contributed by atoms with van der Waals surface area (Å²) in [6.07, 6.45) is -3.40. The standard InChI is InChI=1S/C15H18F3N3O4S/c1-2-10(8-5-9(22)6-8)21-26(23,24)14-4-3-12(25-14)11-7-13(20-19-11)15(16,17)18/h3-4,7-10,21-22H,2,5-6H2,1H3,(H,19,20). The molecule has 1 atom stereocenters. The molecule has 3 N–H and O–H groups in total. The first kappa shape index (κ1) is 18.9. The Labute approximate surface area is 147 Å². The molecule has 144 valence electrons. The summed E-state index contributed by atoms with van der Waals surface area (Å²) in [6, 6.07) is 2.81. The van der Waals surface area contributed by atoms with Gasteiger partial charge in [-0.2, -0.15) is 18.3 Å². The van der Waals surface area contributed by atoms with Crippen LogP contribution in [0.1, 0.15) is 31.9 Å². The molecule has 1 fully saturated rings. The summed E-state index contributed by atoms with van der Waals surface area (Å²) in [6.45, 7) is 1.83. The van der Waals surface area contributed by atoms with Crippen LogP contribution in [0.15, 0.2) is 27.7 Å². The number of hydrogen-bond donors (Lipinski definition) is 3. The number of nitrogens with zero attached hydrogens (tertiary/aromatic N) is 1. The van der Waals surface area contributed by atoms with Crippen LogP contribution in [0.25, 0.3) is 11.5 Å². The summed E-state index contributed by atoms with van der Waals surface area (Å²) in [7, 11) is -3.98. The highest BCUT2D eigenvalue weighted by molar-refractivity contribution is 7.89. The number of furan rings is 1. The van der Waals surface area contributed by atoms with E-state index in [1.807, 2.05) is 12.0 Å². The number of hydrogen-bond acceptors (Lipinski definition) is 5. The topological polar surface area (TPSA) is 108 Å². The molecule has 2 heterocycles. The molecule has 7 nitrogen and oxygen atoms in total. The van der Waals surface area contributed by atoms with E-state index in [0.717, 1.165) is 6.07 Å². The second-order valence-electron chi connectivity index (χ2n) is 6.30. The van der Waals surface area contributed by atoms with E-state index in [0.29, 0.717) is 19.3 Å². The van der Waals surface area contributed by atoms with E-state index < -0.39 is 33.1 Å². The second-order valence-corrected chi connectivity index (χ2v) is 7.95. The van der Waals surface area contributed by atoms with Crippen molar-refractivity contribution in [1.82, 2.24) is 14.9 Å². The lowest BCUT2D eigenvalue weighted by atomic mass is 9.77. The number of aliphatic hydroxyl groups excluding tert-OH is 1. The molecule has 0 amide bonds. The lowest BCUT2D eigenvalue weighted by molar-refractivity contribution is -0.141. The number of halogens is 3. The first-order valence-corrected chi connectivity index (χ1v) is 9.51.